The minimum Gasteiger partial charge on any atom is -0.317 e. The fourth-order valence-corrected chi connectivity index (χ4v) is 3.21. The molecule has 2 nitrogen and oxygen atoms in total. The van der Waals surface area contributed by atoms with Gasteiger partial charge in [-0.3, -0.25) is 4.90 Å². The molecule has 1 N–H and O–H groups in total. The van der Waals surface area contributed by atoms with Gasteiger partial charge in [-0.2, -0.15) is 0 Å². The summed E-state index contributed by atoms with van der Waals surface area (Å²) < 4.78 is 13.0. The van der Waals surface area contributed by atoms with Crippen molar-refractivity contribution in [3.8, 4) is 0 Å². The number of nitrogens with one attached hydrogen (secondary N) is 1. The van der Waals surface area contributed by atoms with Crippen molar-refractivity contribution in [3.63, 3.8) is 0 Å². The summed E-state index contributed by atoms with van der Waals surface area (Å²) in [6.07, 6.45) is 3.62. The largest absolute Gasteiger partial charge is 0.317 e. The quantitative estimate of drug-likeness (QED) is 0.853. The lowest BCUT2D eigenvalue weighted by Crippen LogP contribution is -2.39. The molecule has 0 radical (unpaired) electrons. The minimum absolute atomic E-state index is 0. The van der Waals surface area contributed by atoms with Gasteiger partial charge in [-0.1, -0.05) is 26.0 Å². The third kappa shape index (κ3) is 5.24. The van der Waals surface area contributed by atoms with Crippen LogP contribution in [0.2, 0.25) is 0 Å². The Hall–Kier alpha value is -0.640. The topological polar surface area (TPSA) is 15.3 Å². The zero-order valence-electron chi connectivity index (χ0n) is 13.1. The van der Waals surface area contributed by atoms with Crippen molar-refractivity contribution in [1.82, 2.24) is 10.2 Å². The first kappa shape index (κ1) is 18.4. The Morgan fingerprint density at radius 1 is 1.19 bits per heavy atom. The first-order valence-corrected chi connectivity index (χ1v) is 7.94. The van der Waals surface area contributed by atoms with E-state index < -0.39 is 0 Å². The fraction of sp³-hybridized carbons (Fsp3) is 0.647. The highest BCUT2D eigenvalue weighted by Gasteiger charge is 2.24. The van der Waals surface area contributed by atoms with Crippen LogP contribution in [0.25, 0.3) is 0 Å². The highest BCUT2D eigenvalue weighted by Crippen LogP contribution is 2.29. The molecule has 4 heteroatoms. The molecule has 0 bridgehead atoms. The van der Waals surface area contributed by atoms with E-state index in [1.165, 1.54) is 18.4 Å². The first-order chi connectivity index (χ1) is 9.74. The molecular formula is C17H28ClFN2. The second-order valence-electron chi connectivity index (χ2n) is 5.76. The molecule has 1 saturated heterocycles. The van der Waals surface area contributed by atoms with Gasteiger partial charge in [-0.25, -0.2) is 4.39 Å². The summed E-state index contributed by atoms with van der Waals surface area (Å²) in [7, 11) is 0. The monoisotopic (exact) mass is 314 g/mol. The van der Waals surface area contributed by atoms with Gasteiger partial charge in [0.15, 0.2) is 0 Å². The van der Waals surface area contributed by atoms with E-state index in [4.69, 9.17) is 0 Å². The van der Waals surface area contributed by atoms with Crippen LogP contribution in [-0.4, -0.2) is 31.1 Å². The Labute approximate surface area is 134 Å². The third-order valence-electron chi connectivity index (χ3n) is 4.41. The summed E-state index contributed by atoms with van der Waals surface area (Å²) in [5, 5.41) is 3.45. The Bertz CT molecular complexity index is 388. The molecule has 0 aliphatic carbocycles. The molecule has 1 heterocycles. The van der Waals surface area contributed by atoms with Gasteiger partial charge in [0.2, 0.25) is 0 Å². The lowest BCUT2D eigenvalue weighted by atomic mass is 9.93. The number of halogens is 2. The number of benzene rings is 1. The van der Waals surface area contributed by atoms with Gasteiger partial charge >= 0.3 is 0 Å². The maximum Gasteiger partial charge on any atom is 0.123 e. The van der Waals surface area contributed by atoms with Gasteiger partial charge in [-0.05, 0) is 69.1 Å². The predicted octanol–water partition coefficient (Wildman–Crippen LogP) is 4.02. The third-order valence-corrected chi connectivity index (χ3v) is 4.41. The minimum atomic E-state index is -0.145. The Kier molecular flexibility index (Phi) is 8.23. The van der Waals surface area contributed by atoms with E-state index in [0.717, 1.165) is 38.5 Å². The summed E-state index contributed by atoms with van der Waals surface area (Å²) in [5.41, 5.74) is 1.25. The number of rotatable bonds is 6. The highest BCUT2D eigenvalue weighted by molar-refractivity contribution is 5.85. The van der Waals surface area contributed by atoms with Crippen molar-refractivity contribution in [2.24, 2.45) is 5.92 Å². The van der Waals surface area contributed by atoms with Gasteiger partial charge in [-0.15, -0.1) is 12.4 Å². The average molecular weight is 315 g/mol. The smallest absolute Gasteiger partial charge is 0.123 e. The molecule has 1 unspecified atom stereocenters. The normalized spacial score (nSPS) is 18.2. The molecular weight excluding hydrogens is 287 g/mol. The Morgan fingerprint density at radius 2 is 1.81 bits per heavy atom. The molecule has 1 aliphatic heterocycles. The first-order valence-electron chi connectivity index (χ1n) is 7.94. The molecule has 1 fully saturated rings. The van der Waals surface area contributed by atoms with Gasteiger partial charge in [0.05, 0.1) is 0 Å². The predicted molar refractivity (Wildman–Crippen MR) is 89.5 cm³/mol. The maximum atomic E-state index is 13.0. The summed E-state index contributed by atoms with van der Waals surface area (Å²) in [4.78, 5) is 2.57. The SMILES string of the molecule is CCNCC1CCN(C(CC)c2ccc(F)cc2)CC1.Cl. The zero-order valence-corrected chi connectivity index (χ0v) is 14.0. The standard InChI is InChI=1S/C17H27FN2.ClH/c1-3-17(15-5-7-16(18)8-6-15)20-11-9-14(10-12-20)13-19-4-2;/h5-8,14,17,19H,3-4,9-13H2,1-2H3;1H. The molecule has 21 heavy (non-hydrogen) atoms. The van der Waals surface area contributed by atoms with E-state index in [0.29, 0.717) is 6.04 Å². The Balaban J connectivity index is 0.00000220. The number of hydrogen-bond acceptors (Lipinski definition) is 2. The number of hydrogen-bond donors (Lipinski definition) is 1. The van der Waals surface area contributed by atoms with E-state index >= 15 is 0 Å². The van der Waals surface area contributed by atoms with E-state index in [9.17, 15) is 4.39 Å². The van der Waals surface area contributed by atoms with E-state index in [2.05, 4.69) is 24.1 Å². The van der Waals surface area contributed by atoms with Crippen molar-refractivity contribution < 1.29 is 4.39 Å². The molecule has 1 aromatic rings. The molecule has 120 valence electrons. The molecule has 1 atom stereocenters. The van der Waals surface area contributed by atoms with Gasteiger partial charge in [0.25, 0.3) is 0 Å². The average Bonchev–Trinajstić information content (AvgIpc) is 2.49. The van der Waals surface area contributed by atoms with Crippen LogP contribution in [0.5, 0.6) is 0 Å². The van der Waals surface area contributed by atoms with Gasteiger partial charge < -0.3 is 5.32 Å². The maximum absolute atomic E-state index is 13.0. The molecule has 0 aromatic heterocycles. The lowest BCUT2D eigenvalue weighted by Gasteiger charge is -2.37. The zero-order chi connectivity index (χ0) is 14.4. The van der Waals surface area contributed by atoms with Crippen LogP contribution in [0, 0.1) is 11.7 Å². The van der Waals surface area contributed by atoms with Crippen LogP contribution < -0.4 is 5.32 Å². The molecule has 1 aromatic carbocycles. The van der Waals surface area contributed by atoms with Crippen molar-refractivity contribution in [2.75, 3.05) is 26.2 Å². The number of likely N-dealkylation sites (tertiary alicyclic amines) is 1. The second-order valence-corrected chi connectivity index (χ2v) is 5.76. The fourth-order valence-electron chi connectivity index (χ4n) is 3.21. The highest BCUT2D eigenvalue weighted by atomic mass is 35.5. The summed E-state index contributed by atoms with van der Waals surface area (Å²) >= 11 is 0. The van der Waals surface area contributed by atoms with Crippen LogP contribution in [0.15, 0.2) is 24.3 Å². The molecule has 0 amide bonds. The molecule has 0 spiro atoms. The van der Waals surface area contributed by atoms with Crippen molar-refractivity contribution in [2.45, 2.75) is 39.2 Å². The van der Waals surface area contributed by atoms with Crippen LogP contribution in [0.4, 0.5) is 4.39 Å². The van der Waals surface area contributed by atoms with Gasteiger partial charge in [0, 0.05) is 6.04 Å². The van der Waals surface area contributed by atoms with E-state index in [1.807, 2.05) is 12.1 Å². The van der Waals surface area contributed by atoms with Crippen LogP contribution in [0.1, 0.15) is 44.7 Å². The van der Waals surface area contributed by atoms with E-state index in [-0.39, 0.29) is 18.2 Å². The summed E-state index contributed by atoms with van der Waals surface area (Å²) in [6.45, 7) is 8.92. The van der Waals surface area contributed by atoms with E-state index in [1.54, 1.807) is 12.1 Å². The summed E-state index contributed by atoms with van der Waals surface area (Å²) in [5.74, 6) is 0.671. The summed E-state index contributed by atoms with van der Waals surface area (Å²) in [6, 6.07) is 7.48. The van der Waals surface area contributed by atoms with Crippen molar-refractivity contribution in [1.29, 1.82) is 0 Å². The number of piperidine rings is 1. The second kappa shape index (κ2) is 9.39. The van der Waals surface area contributed by atoms with Crippen LogP contribution in [0.3, 0.4) is 0 Å². The van der Waals surface area contributed by atoms with Crippen molar-refractivity contribution in [3.05, 3.63) is 35.6 Å². The lowest BCUT2D eigenvalue weighted by molar-refractivity contribution is 0.128. The number of nitrogens with zero attached hydrogens (tertiary/aromatic N) is 1. The van der Waals surface area contributed by atoms with Crippen LogP contribution >= 0.6 is 12.4 Å². The molecule has 1 aliphatic rings. The van der Waals surface area contributed by atoms with Crippen molar-refractivity contribution >= 4 is 12.4 Å². The Morgan fingerprint density at radius 3 is 2.33 bits per heavy atom. The van der Waals surface area contributed by atoms with Crippen LogP contribution in [-0.2, 0) is 0 Å². The van der Waals surface area contributed by atoms with Gasteiger partial charge in [0.1, 0.15) is 5.82 Å². The molecule has 2 rings (SSSR count). The molecule has 0 saturated carbocycles.